The standard InChI is InChI=1S/C13H25N3O3/c1-3-6-11(12(17)18)15-13(19)14-9-10-7-4-5-8-16(10)2/h10-11H,3-9H2,1-2H3,(H,17,18)(H2,14,15,19). The quantitative estimate of drug-likeness (QED) is 0.674. The van der Waals surface area contributed by atoms with E-state index >= 15 is 0 Å². The van der Waals surface area contributed by atoms with Crippen molar-refractivity contribution in [2.75, 3.05) is 20.1 Å². The van der Waals surface area contributed by atoms with Gasteiger partial charge in [-0.1, -0.05) is 19.8 Å². The molecule has 0 bridgehead atoms. The summed E-state index contributed by atoms with van der Waals surface area (Å²) in [5.74, 6) is -0.980. The van der Waals surface area contributed by atoms with Crippen molar-refractivity contribution in [2.45, 2.75) is 51.1 Å². The lowest BCUT2D eigenvalue weighted by Gasteiger charge is -2.32. The number of carboxylic acids is 1. The van der Waals surface area contributed by atoms with Crippen molar-refractivity contribution in [3.05, 3.63) is 0 Å². The number of nitrogens with zero attached hydrogens (tertiary/aromatic N) is 1. The minimum Gasteiger partial charge on any atom is -0.480 e. The van der Waals surface area contributed by atoms with Crippen LogP contribution in [0.5, 0.6) is 0 Å². The number of aliphatic carboxylic acids is 1. The van der Waals surface area contributed by atoms with E-state index < -0.39 is 12.0 Å². The Hall–Kier alpha value is -1.30. The monoisotopic (exact) mass is 271 g/mol. The molecule has 1 rings (SSSR count). The SMILES string of the molecule is CCCC(NC(=O)NCC1CCCCN1C)C(=O)O. The minimum atomic E-state index is -0.980. The number of nitrogens with one attached hydrogen (secondary N) is 2. The number of amides is 2. The highest BCUT2D eigenvalue weighted by Crippen LogP contribution is 2.13. The van der Waals surface area contributed by atoms with Crippen molar-refractivity contribution in [1.82, 2.24) is 15.5 Å². The topological polar surface area (TPSA) is 81.7 Å². The van der Waals surface area contributed by atoms with E-state index in [0.29, 0.717) is 19.0 Å². The van der Waals surface area contributed by atoms with Crippen LogP contribution >= 0.6 is 0 Å². The second-order valence-corrected chi connectivity index (χ2v) is 5.16. The normalized spacial score (nSPS) is 21.7. The summed E-state index contributed by atoms with van der Waals surface area (Å²) in [6, 6.07) is -0.831. The molecular formula is C13H25N3O3. The Morgan fingerprint density at radius 3 is 2.74 bits per heavy atom. The van der Waals surface area contributed by atoms with E-state index in [0.717, 1.165) is 19.4 Å². The second-order valence-electron chi connectivity index (χ2n) is 5.16. The van der Waals surface area contributed by atoms with Crippen molar-refractivity contribution < 1.29 is 14.7 Å². The number of hydrogen-bond donors (Lipinski definition) is 3. The number of likely N-dealkylation sites (N-methyl/N-ethyl adjacent to an activating group) is 1. The second kappa shape index (κ2) is 7.99. The molecule has 0 saturated carbocycles. The number of carbonyl (C=O) groups is 2. The lowest BCUT2D eigenvalue weighted by molar-refractivity contribution is -0.139. The van der Waals surface area contributed by atoms with Gasteiger partial charge in [0.1, 0.15) is 6.04 Å². The summed E-state index contributed by atoms with van der Waals surface area (Å²) >= 11 is 0. The molecule has 2 unspecified atom stereocenters. The highest BCUT2D eigenvalue weighted by atomic mass is 16.4. The molecule has 6 heteroatoms. The number of urea groups is 1. The Bertz CT molecular complexity index is 310. The van der Waals surface area contributed by atoms with Gasteiger partial charge in [-0.25, -0.2) is 9.59 Å². The van der Waals surface area contributed by atoms with Gasteiger partial charge < -0.3 is 20.6 Å². The average Bonchev–Trinajstić information content (AvgIpc) is 2.37. The number of piperidine rings is 1. The molecule has 1 fully saturated rings. The third-order valence-electron chi connectivity index (χ3n) is 3.60. The van der Waals surface area contributed by atoms with Crippen LogP contribution in [0, 0.1) is 0 Å². The number of carboxylic acid groups (broad SMARTS) is 1. The predicted molar refractivity (Wildman–Crippen MR) is 73.1 cm³/mol. The number of hydrogen-bond acceptors (Lipinski definition) is 3. The fraction of sp³-hybridized carbons (Fsp3) is 0.846. The Kier molecular flexibility index (Phi) is 6.62. The van der Waals surface area contributed by atoms with E-state index in [1.165, 1.54) is 12.8 Å². The summed E-state index contributed by atoms with van der Waals surface area (Å²) in [7, 11) is 2.06. The van der Waals surface area contributed by atoms with Gasteiger partial charge in [0.2, 0.25) is 0 Å². The van der Waals surface area contributed by atoms with Gasteiger partial charge in [-0.15, -0.1) is 0 Å². The maximum Gasteiger partial charge on any atom is 0.326 e. The molecule has 19 heavy (non-hydrogen) atoms. The molecule has 110 valence electrons. The minimum absolute atomic E-state index is 0.356. The van der Waals surface area contributed by atoms with Gasteiger partial charge in [0.15, 0.2) is 0 Å². The molecule has 2 amide bonds. The van der Waals surface area contributed by atoms with Gasteiger partial charge in [-0.3, -0.25) is 0 Å². The van der Waals surface area contributed by atoms with E-state index in [1.807, 2.05) is 6.92 Å². The van der Waals surface area contributed by atoms with Crippen LogP contribution in [-0.4, -0.2) is 54.2 Å². The van der Waals surface area contributed by atoms with Crippen LogP contribution in [-0.2, 0) is 4.79 Å². The van der Waals surface area contributed by atoms with Crippen molar-refractivity contribution in [3.8, 4) is 0 Å². The largest absolute Gasteiger partial charge is 0.480 e. The predicted octanol–water partition coefficient (Wildman–Crippen LogP) is 1.02. The molecule has 0 spiro atoms. The maximum atomic E-state index is 11.7. The van der Waals surface area contributed by atoms with E-state index in [2.05, 4.69) is 22.6 Å². The third-order valence-corrected chi connectivity index (χ3v) is 3.60. The van der Waals surface area contributed by atoms with Gasteiger partial charge in [0.25, 0.3) is 0 Å². The summed E-state index contributed by atoms with van der Waals surface area (Å²) in [5.41, 5.74) is 0. The van der Waals surface area contributed by atoms with Gasteiger partial charge in [-0.05, 0) is 32.9 Å². The molecular weight excluding hydrogens is 246 g/mol. The molecule has 0 aliphatic carbocycles. The number of likely N-dealkylation sites (tertiary alicyclic amines) is 1. The van der Waals surface area contributed by atoms with Crippen LogP contribution in [0.2, 0.25) is 0 Å². The molecule has 0 aromatic heterocycles. The molecule has 1 saturated heterocycles. The van der Waals surface area contributed by atoms with Gasteiger partial charge in [-0.2, -0.15) is 0 Å². The van der Waals surface area contributed by atoms with Crippen LogP contribution in [0.25, 0.3) is 0 Å². The Labute approximate surface area is 114 Å². The highest BCUT2D eigenvalue weighted by molar-refractivity contribution is 5.82. The maximum absolute atomic E-state index is 11.7. The molecule has 0 aromatic rings. The summed E-state index contributed by atoms with van der Waals surface area (Å²) in [4.78, 5) is 24.9. The summed E-state index contributed by atoms with van der Waals surface area (Å²) in [6.45, 7) is 3.52. The molecule has 1 heterocycles. The van der Waals surface area contributed by atoms with Crippen molar-refractivity contribution in [2.24, 2.45) is 0 Å². The van der Waals surface area contributed by atoms with Crippen molar-refractivity contribution >= 4 is 12.0 Å². The van der Waals surface area contributed by atoms with E-state index in [9.17, 15) is 9.59 Å². The average molecular weight is 271 g/mol. The fourth-order valence-electron chi connectivity index (χ4n) is 2.37. The Balaban J connectivity index is 2.31. The van der Waals surface area contributed by atoms with Crippen LogP contribution in [0.3, 0.4) is 0 Å². The number of rotatable bonds is 6. The zero-order chi connectivity index (χ0) is 14.3. The first-order valence-corrected chi connectivity index (χ1v) is 7.02. The summed E-state index contributed by atoms with van der Waals surface area (Å²) < 4.78 is 0. The fourth-order valence-corrected chi connectivity index (χ4v) is 2.37. The highest BCUT2D eigenvalue weighted by Gasteiger charge is 2.21. The number of carbonyl (C=O) groups excluding carboxylic acids is 1. The van der Waals surface area contributed by atoms with E-state index in [-0.39, 0.29) is 6.03 Å². The molecule has 2 atom stereocenters. The molecule has 1 aliphatic heterocycles. The Morgan fingerprint density at radius 2 is 2.16 bits per heavy atom. The van der Waals surface area contributed by atoms with Crippen LogP contribution in [0.15, 0.2) is 0 Å². The van der Waals surface area contributed by atoms with Gasteiger partial charge in [0.05, 0.1) is 0 Å². The first-order chi connectivity index (χ1) is 9.04. The lowest BCUT2D eigenvalue weighted by Crippen LogP contribution is -2.50. The van der Waals surface area contributed by atoms with Crippen molar-refractivity contribution in [1.29, 1.82) is 0 Å². The zero-order valence-corrected chi connectivity index (χ0v) is 11.8. The molecule has 0 radical (unpaired) electrons. The van der Waals surface area contributed by atoms with Gasteiger partial charge in [0, 0.05) is 12.6 Å². The van der Waals surface area contributed by atoms with Crippen LogP contribution < -0.4 is 10.6 Å². The summed E-state index contributed by atoms with van der Waals surface area (Å²) in [6.07, 6.45) is 4.64. The smallest absolute Gasteiger partial charge is 0.326 e. The molecule has 0 aromatic carbocycles. The molecule has 1 aliphatic rings. The molecule has 3 N–H and O–H groups in total. The molecule has 6 nitrogen and oxygen atoms in total. The van der Waals surface area contributed by atoms with Crippen LogP contribution in [0.4, 0.5) is 4.79 Å². The van der Waals surface area contributed by atoms with Crippen molar-refractivity contribution in [3.63, 3.8) is 0 Å². The van der Waals surface area contributed by atoms with E-state index in [4.69, 9.17) is 5.11 Å². The first-order valence-electron chi connectivity index (χ1n) is 7.02. The lowest BCUT2D eigenvalue weighted by atomic mass is 10.0. The summed E-state index contributed by atoms with van der Waals surface area (Å²) in [5, 5.41) is 14.2. The van der Waals surface area contributed by atoms with Crippen LogP contribution in [0.1, 0.15) is 39.0 Å². The van der Waals surface area contributed by atoms with Gasteiger partial charge >= 0.3 is 12.0 Å². The third kappa shape index (κ3) is 5.46. The first kappa shape index (κ1) is 15.8. The van der Waals surface area contributed by atoms with E-state index in [1.54, 1.807) is 0 Å². The Morgan fingerprint density at radius 1 is 1.42 bits per heavy atom. The zero-order valence-electron chi connectivity index (χ0n) is 11.8.